The zero-order valence-corrected chi connectivity index (χ0v) is 9.09. The topological polar surface area (TPSA) is 71.4 Å². The average Bonchev–Trinajstić information content (AvgIpc) is 2.82. The van der Waals surface area contributed by atoms with Gasteiger partial charge in [-0.1, -0.05) is 19.8 Å². The van der Waals surface area contributed by atoms with Crippen LogP contribution in [0.1, 0.15) is 26.2 Å². The molecule has 5 heteroatoms. The van der Waals surface area contributed by atoms with E-state index in [4.69, 9.17) is 5.11 Å². The highest BCUT2D eigenvalue weighted by Crippen LogP contribution is 2.32. The maximum atomic E-state index is 11.4. The van der Waals surface area contributed by atoms with Crippen LogP contribution in [0.4, 0.5) is 0 Å². The third-order valence-electron chi connectivity index (χ3n) is 2.46. The molecule has 0 heterocycles. The Labute approximate surface area is 84.2 Å². The highest BCUT2D eigenvalue weighted by Gasteiger charge is 2.26. The largest absolute Gasteiger partial charge is 0.481 e. The standard InChI is InChI=1S/C9H16O4S/c1-7(9(10)11)6-14(12,13)5-4-8-2-3-8/h7-8H,2-6H2,1H3,(H,10,11). The van der Waals surface area contributed by atoms with Gasteiger partial charge in [0.25, 0.3) is 0 Å². The van der Waals surface area contributed by atoms with Crippen LogP contribution in [0, 0.1) is 11.8 Å². The molecule has 0 bridgehead atoms. The SMILES string of the molecule is CC(CS(=O)(=O)CCC1CC1)C(=O)O. The predicted molar refractivity (Wildman–Crippen MR) is 52.8 cm³/mol. The van der Waals surface area contributed by atoms with Crippen molar-refractivity contribution >= 4 is 15.8 Å². The molecule has 14 heavy (non-hydrogen) atoms. The summed E-state index contributed by atoms with van der Waals surface area (Å²) in [7, 11) is -3.16. The summed E-state index contributed by atoms with van der Waals surface area (Å²) in [6.07, 6.45) is 2.96. The molecule has 1 unspecified atom stereocenters. The Morgan fingerprint density at radius 1 is 1.50 bits per heavy atom. The first-order valence-corrected chi connectivity index (χ1v) is 6.66. The molecule has 1 aliphatic rings. The van der Waals surface area contributed by atoms with E-state index in [2.05, 4.69) is 0 Å². The van der Waals surface area contributed by atoms with Gasteiger partial charge in [0.2, 0.25) is 0 Å². The molecular formula is C9H16O4S. The highest BCUT2D eigenvalue weighted by atomic mass is 32.2. The molecule has 1 fully saturated rings. The first kappa shape index (κ1) is 11.5. The molecule has 1 aliphatic carbocycles. The quantitative estimate of drug-likeness (QED) is 0.722. The molecule has 1 saturated carbocycles. The van der Waals surface area contributed by atoms with Crippen LogP contribution >= 0.6 is 0 Å². The van der Waals surface area contributed by atoms with Gasteiger partial charge in [-0.05, 0) is 12.3 Å². The number of sulfone groups is 1. The van der Waals surface area contributed by atoms with Crippen LogP contribution in [0.25, 0.3) is 0 Å². The van der Waals surface area contributed by atoms with Crippen LogP contribution in [-0.4, -0.2) is 31.0 Å². The molecule has 0 spiro atoms. The van der Waals surface area contributed by atoms with Gasteiger partial charge in [0.1, 0.15) is 0 Å². The minimum absolute atomic E-state index is 0.148. The number of carbonyl (C=O) groups is 1. The monoisotopic (exact) mass is 220 g/mol. The van der Waals surface area contributed by atoms with Crippen molar-refractivity contribution in [3.05, 3.63) is 0 Å². The lowest BCUT2D eigenvalue weighted by molar-refractivity contribution is -0.140. The molecule has 0 aromatic heterocycles. The van der Waals surface area contributed by atoms with E-state index in [0.29, 0.717) is 12.3 Å². The first-order chi connectivity index (χ1) is 6.41. The van der Waals surface area contributed by atoms with Crippen molar-refractivity contribution in [1.29, 1.82) is 0 Å². The molecule has 82 valence electrons. The van der Waals surface area contributed by atoms with Gasteiger partial charge in [-0.25, -0.2) is 8.42 Å². The fourth-order valence-electron chi connectivity index (χ4n) is 1.29. The van der Waals surface area contributed by atoms with Gasteiger partial charge in [0, 0.05) is 0 Å². The second kappa shape index (κ2) is 4.29. The lowest BCUT2D eigenvalue weighted by atomic mass is 10.2. The van der Waals surface area contributed by atoms with Gasteiger partial charge in [0.15, 0.2) is 9.84 Å². The van der Waals surface area contributed by atoms with Crippen LogP contribution in [0.3, 0.4) is 0 Å². The highest BCUT2D eigenvalue weighted by molar-refractivity contribution is 7.91. The summed E-state index contributed by atoms with van der Waals surface area (Å²) in [6.45, 7) is 1.43. The fourth-order valence-corrected chi connectivity index (χ4v) is 3.05. The van der Waals surface area contributed by atoms with Gasteiger partial charge in [-0.2, -0.15) is 0 Å². The van der Waals surface area contributed by atoms with E-state index >= 15 is 0 Å². The Morgan fingerprint density at radius 3 is 2.50 bits per heavy atom. The second-order valence-corrected chi connectivity index (χ2v) is 6.31. The van der Waals surface area contributed by atoms with Gasteiger partial charge in [-0.3, -0.25) is 4.79 Å². The van der Waals surface area contributed by atoms with Crippen molar-refractivity contribution in [1.82, 2.24) is 0 Å². The Balaban J connectivity index is 2.35. The Hall–Kier alpha value is -0.580. The van der Waals surface area contributed by atoms with Gasteiger partial charge < -0.3 is 5.11 Å². The number of hydrogen-bond acceptors (Lipinski definition) is 3. The Kier molecular flexibility index (Phi) is 3.53. The van der Waals surface area contributed by atoms with E-state index in [1.165, 1.54) is 6.92 Å². The predicted octanol–water partition coefficient (Wildman–Crippen LogP) is 0.922. The van der Waals surface area contributed by atoms with Gasteiger partial charge >= 0.3 is 5.97 Å². The molecule has 1 atom stereocenters. The molecule has 0 aromatic carbocycles. The Bertz CT molecular complexity index is 303. The van der Waals surface area contributed by atoms with E-state index in [9.17, 15) is 13.2 Å². The summed E-state index contributed by atoms with van der Waals surface area (Å²) in [5.74, 6) is -1.34. The minimum Gasteiger partial charge on any atom is -0.481 e. The summed E-state index contributed by atoms with van der Waals surface area (Å²) in [5.41, 5.74) is 0. The zero-order valence-electron chi connectivity index (χ0n) is 8.27. The summed E-state index contributed by atoms with van der Waals surface area (Å²) >= 11 is 0. The summed E-state index contributed by atoms with van der Waals surface area (Å²) in [4.78, 5) is 10.5. The summed E-state index contributed by atoms with van der Waals surface area (Å²) < 4.78 is 22.8. The van der Waals surface area contributed by atoms with E-state index in [0.717, 1.165) is 12.8 Å². The average molecular weight is 220 g/mol. The van der Waals surface area contributed by atoms with Gasteiger partial charge in [-0.15, -0.1) is 0 Å². The minimum atomic E-state index is -3.16. The van der Waals surface area contributed by atoms with Gasteiger partial charge in [0.05, 0.1) is 17.4 Å². The number of aliphatic carboxylic acids is 1. The molecule has 0 amide bonds. The molecule has 0 radical (unpaired) electrons. The second-order valence-electron chi connectivity index (χ2n) is 4.09. The van der Waals surface area contributed by atoms with Crippen molar-refractivity contribution in [2.24, 2.45) is 11.8 Å². The summed E-state index contributed by atoms with van der Waals surface area (Å²) in [6, 6.07) is 0. The maximum Gasteiger partial charge on any atom is 0.307 e. The van der Waals surface area contributed by atoms with Crippen LogP contribution in [0.2, 0.25) is 0 Å². The van der Waals surface area contributed by atoms with Crippen LogP contribution in [0.5, 0.6) is 0 Å². The van der Waals surface area contributed by atoms with Crippen LogP contribution in [0.15, 0.2) is 0 Å². The summed E-state index contributed by atoms with van der Waals surface area (Å²) in [5, 5.41) is 8.57. The van der Waals surface area contributed by atoms with Crippen molar-refractivity contribution in [2.75, 3.05) is 11.5 Å². The van der Waals surface area contributed by atoms with E-state index in [1.807, 2.05) is 0 Å². The smallest absolute Gasteiger partial charge is 0.307 e. The molecule has 4 nitrogen and oxygen atoms in total. The number of rotatable bonds is 6. The third-order valence-corrected chi connectivity index (χ3v) is 4.33. The van der Waals surface area contributed by atoms with Crippen LogP contribution in [-0.2, 0) is 14.6 Å². The van der Waals surface area contributed by atoms with Crippen molar-refractivity contribution in [3.8, 4) is 0 Å². The molecular weight excluding hydrogens is 204 g/mol. The van der Waals surface area contributed by atoms with E-state index in [1.54, 1.807) is 0 Å². The number of carboxylic acids is 1. The van der Waals surface area contributed by atoms with Crippen molar-refractivity contribution in [2.45, 2.75) is 26.2 Å². The van der Waals surface area contributed by atoms with Crippen molar-refractivity contribution in [3.63, 3.8) is 0 Å². The number of hydrogen-bond donors (Lipinski definition) is 1. The normalized spacial score (nSPS) is 19.2. The molecule has 0 aliphatic heterocycles. The maximum absolute atomic E-state index is 11.4. The fraction of sp³-hybridized carbons (Fsp3) is 0.889. The lowest BCUT2D eigenvalue weighted by Crippen LogP contribution is -2.23. The number of carboxylic acid groups (broad SMARTS) is 1. The molecule has 0 saturated heterocycles. The molecule has 1 N–H and O–H groups in total. The van der Waals surface area contributed by atoms with Crippen molar-refractivity contribution < 1.29 is 18.3 Å². The first-order valence-electron chi connectivity index (χ1n) is 4.84. The molecule has 0 aromatic rings. The van der Waals surface area contributed by atoms with Crippen LogP contribution < -0.4 is 0 Å². The van der Waals surface area contributed by atoms with E-state index < -0.39 is 21.7 Å². The Morgan fingerprint density at radius 2 is 2.07 bits per heavy atom. The van der Waals surface area contributed by atoms with E-state index in [-0.39, 0.29) is 11.5 Å². The molecule has 1 rings (SSSR count). The third kappa shape index (κ3) is 4.09. The lowest BCUT2D eigenvalue weighted by Gasteiger charge is -2.06. The zero-order chi connectivity index (χ0) is 10.8.